The third-order valence-corrected chi connectivity index (χ3v) is 6.17. The zero-order valence-electron chi connectivity index (χ0n) is 20.4. The number of halogens is 1. The maximum Gasteiger partial charge on any atom is 0.164 e. The fraction of sp³-hybridized carbons (Fsp3) is 0.138. The first kappa shape index (κ1) is 24.5. The lowest BCUT2D eigenvalue weighted by molar-refractivity contribution is 0.306. The topological polar surface area (TPSA) is 89.4 Å². The van der Waals surface area contributed by atoms with Crippen LogP contribution in [0.1, 0.15) is 31.0 Å². The largest absolute Gasteiger partial charge is 0.508 e. The molecule has 0 saturated heterocycles. The van der Waals surface area contributed by atoms with Gasteiger partial charge in [0.15, 0.2) is 11.4 Å². The van der Waals surface area contributed by atoms with E-state index in [9.17, 15) is 5.11 Å². The summed E-state index contributed by atoms with van der Waals surface area (Å²) in [5.41, 5.74) is 3.29. The van der Waals surface area contributed by atoms with Crippen molar-refractivity contribution in [2.45, 2.75) is 26.4 Å². The van der Waals surface area contributed by atoms with Gasteiger partial charge in [0, 0.05) is 16.2 Å². The van der Waals surface area contributed by atoms with Crippen molar-refractivity contribution in [3.8, 4) is 23.0 Å². The second kappa shape index (κ2) is 10.8. The van der Waals surface area contributed by atoms with E-state index in [0.717, 1.165) is 21.1 Å². The molecular formula is C29H25BrN4O3. The van der Waals surface area contributed by atoms with Crippen LogP contribution in [0.2, 0.25) is 0 Å². The number of hydrogen-bond donors (Lipinski definition) is 2. The number of phenolic OH excluding ortho intramolecular Hbond substituents is 1. The number of fused-ring (bicyclic) bond motifs is 1. The van der Waals surface area contributed by atoms with Gasteiger partial charge in [0.1, 0.15) is 36.0 Å². The summed E-state index contributed by atoms with van der Waals surface area (Å²) in [4.78, 5) is 13.5. The Morgan fingerprint density at radius 2 is 1.73 bits per heavy atom. The third kappa shape index (κ3) is 5.98. The van der Waals surface area contributed by atoms with Crippen LogP contribution in [-0.2, 0) is 6.61 Å². The zero-order chi connectivity index (χ0) is 25.8. The molecule has 5 aromatic rings. The molecule has 0 bridgehead atoms. The second-order valence-electron chi connectivity index (χ2n) is 8.78. The van der Waals surface area contributed by atoms with Crippen molar-refractivity contribution in [1.29, 1.82) is 0 Å². The van der Waals surface area contributed by atoms with Crippen LogP contribution >= 0.6 is 15.9 Å². The molecule has 0 radical (unpaired) electrons. The Kier molecular flexibility index (Phi) is 7.18. The molecule has 2 heterocycles. The van der Waals surface area contributed by atoms with E-state index in [2.05, 4.69) is 50.0 Å². The SMILES string of the molecule is CC(C)c1ccc2c(Nc3cc(OCc4cccc(Br)c4)ccc3Oc3ccc(O)cc3)ncnc2n1. The number of anilines is 2. The predicted octanol–water partition coefficient (Wildman–Crippen LogP) is 7.73. The summed E-state index contributed by atoms with van der Waals surface area (Å²) in [6.07, 6.45) is 1.50. The van der Waals surface area contributed by atoms with Crippen molar-refractivity contribution < 1.29 is 14.6 Å². The van der Waals surface area contributed by atoms with Gasteiger partial charge in [-0.2, -0.15) is 0 Å². The molecule has 0 fully saturated rings. The van der Waals surface area contributed by atoms with E-state index in [0.29, 0.717) is 46.9 Å². The Morgan fingerprint density at radius 1 is 0.919 bits per heavy atom. The maximum absolute atomic E-state index is 9.63. The van der Waals surface area contributed by atoms with Crippen molar-refractivity contribution >= 4 is 38.5 Å². The minimum absolute atomic E-state index is 0.169. The fourth-order valence-corrected chi connectivity index (χ4v) is 4.17. The first-order chi connectivity index (χ1) is 17.9. The van der Waals surface area contributed by atoms with E-state index in [1.807, 2.05) is 54.6 Å². The van der Waals surface area contributed by atoms with Crippen LogP contribution in [0.3, 0.4) is 0 Å². The van der Waals surface area contributed by atoms with Gasteiger partial charge in [-0.1, -0.05) is 41.9 Å². The van der Waals surface area contributed by atoms with Gasteiger partial charge in [-0.15, -0.1) is 0 Å². The highest BCUT2D eigenvalue weighted by Gasteiger charge is 2.13. The molecule has 0 unspecified atom stereocenters. The number of benzene rings is 3. The molecule has 7 nitrogen and oxygen atoms in total. The van der Waals surface area contributed by atoms with Gasteiger partial charge in [0.25, 0.3) is 0 Å². The van der Waals surface area contributed by atoms with Gasteiger partial charge in [-0.25, -0.2) is 15.0 Å². The van der Waals surface area contributed by atoms with Crippen molar-refractivity contribution in [2.24, 2.45) is 0 Å². The molecule has 3 aromatic carbocycles. The zero-order valence-corrected chi connectivity index (χ0v) is 21.9. The number of phenols is 1. The van der Waals surface area contributed by atoms with Crippen LogP contribution in [0.4, 0.5) is 11.5 Å². The summed E-state index contributed by atoms with van der Waals surface area (Å²) >= 11 is 3.50. The van der Waals surface area contributed by atoms with E-state index in [-0.39, 0.29) is 5.75 Å². The normalized spacial score (nSPS) is 11.0. The Balaban J connectivity index is 1.48. The lowest BCUT2D eigenvalue weighted by Crippen LogP contribution is -2.02. The molecule has 0 saturated carbocycles. The number of ether oxygens (including phenoxy) is 2. The summed E-state index contributed by atoms with van der Waals surface area (Å²) in [7, 11) is 0. The monoisotopic (exact) mass is 556 g/mol. The molecule has 0 amide bonds. The first-order valence-electron chi connectivity index (χ1n) is 11.8. The standard InChI is InChI=1S/C29H25BrN4O3/c1-18(2)25-12-11-24-28(33-25)31-17-32-29(24)34-26-15-23(36-16-19-4-3-5-20(30)14-19)10-13-27(26)37-22-8-6-21(35)7-9-22/h3-15,17-18,35H,16H2,1-2H3,(H,31,32,33,34). The third-order valence-electron chi connectivity index (χ3n) is 5.67. The van der Waals surface area contributed by atoms with Gasteiger partial charge < -0.3 is 19.9 Å². The van der Waals surface area contributed by atoms with Crippen LogP contribution in [-0.4, -0.2) is 20.1 Å². The van der Waals surface area contributed by atoms with Crippen LogP contribution in [0.5, 0.6) is 23.0 Å². The number of rotatable bonds is 8. The summed E-state index contributed by atoms with van der Waals surface area (Å²) < 4.78 is 13.2. The lowest BCUT2D eigenvalue weighted by atomic mass is 10.1. The molecule has 0 aliphatic carbocycles. The van der Waals surface area contributed by atoms with Crippen molar-refractivity contribution in [1.82, 2.24) is 15.0 Å². The number of nitrogens with one attached hydrogen (secondary N) is 1. The highest BCUT2D eigenvalue weighted by Crippen LogP contribution is 2.36. The summed E-state index contributed by atoms with van der Waals surface area (Å²) in [6, 6.07) is 24.1. The number of aromatic hydroxyl groups is 1. The Hall–Kier alpha value is -4.17. The van der Waals surface area contributed by atoms with E-state index in [4.69, 9.17) is 9.47 Å². The first-order valence-corrected chi connectivity index (χ1v) is 12.6. The number of pyridine rings is 1. The molecule has 186 valence electrons. The fourth-order valence-electron chi connectivity index (χ4n) is 3.73. The number of aromatic nitrogens is 3. The van der Waals surface area contributed by atoms with Gasteiger partial charge in [0.05, 0.1) is 11.1 Å². The van der Waals surface area contributed by atoms with Crippen LogP contribution in [0.25, 0.3) is 11.0 Å². The van der Waals surface area contributed by atoms with Crippen LogP contribution < -0.4 is 14.8 Å². The lowest BCUT2D eigenvalue weighted by Gasteiger charge is -2.16. The number of nitrogens with zero attached hydrogens (tertiary/aromatic N) is 3. The molecule has 0 spiro atoms. The quantitative estimate of drug-likeness (QED) is 0.202. The van der Waals surface area contributed by atoms with Gasteiger partial charge in [-0.3, -0.25) is 0 Å². The Labute approximate surface area is 223 Å². The molecule has 0 aliphatic heterocycles. The molecule has 2 N–H and O–H groups in total. The molecule has 0 atom stereocenters. The molecular weight excluding hydrogens is 532 g/mol. The van der Waals surface area contributed by atoms with Gasteiger partial charge in [-0.05, 0) is 72.1 Å². The smallest absolute Gasteiger partial charge is 0.164 e. The van der Waals surface area contributed by atoms with Crippen LogP contribution in [0.15, 0.2) is 89.7 Å². The van der Waals surface area contributed by atoms with Crippen LogP contribution in [0, 0.1) is 0 Å². The Morgan fingerprint density at radius 3 is 2.51 bits per heavy atom. The van der Waals surface area contributed by atoms with Crippen molar-refractivity contribution in [3.63, 3.8) is 0 Å². The Bertz CT molecular complexity index is 1540. The van der Waals surface area contributed by atoms with E-state index >= 15 is 0 Å². The molecule has 5 rings (SSSR count). The maximum atomic E-state index is 9.63. The van der Waals surface area contributed by atoms with Crippen molar-refractivity contribution in [3.05, 3.63) is 101 Å². The average Bonchev–Trinajstić information content (AvgIpc) is 2.90. The van der Waals surface area contributed by atoms with E-state index in [1.165, 1.54) is 6.33 Å². The summed E-state index contributed by atoms with van der Waals surface area (Å²) in [6.45, 7) is 4.61. The number of hydrogen-bond acceptors (Lipinski definition) is 7. The predicted molar refractivity (Wildman–Crippen MR) is 148 cm³/mol. The second-order valence-corrected chi connectivity index (χ2v) is 9.70. The molecule has 2 aromatic heterocycles. The molecule has 37 heavy (non-hydrogen) atoms. The minimum Gasteiger partial charge on any atom is -0.508 e. The van der Waals surface area contributed by atoms with Crippen molar-refractivity contribution in [2.75, 3.05) is 5.32 Å². The summed E-state index contributed by atoms with van der Waals surface area (Å²) in [5, 5.41) is 13.8. The minimum atomic E-state index is 0.169. The average molecular weight is 557 g/mol. The van der Waals surface area contributed by atoms with E-state index < -0.39 is 0 Å². The summed E-state index contributed by atoms with van der Waals surface area (Å²) in [5.74, 6) is 2.88. The molecule has 0 aliphatic rings. The van der Waals surface area contributed by atoms with E-state index in [1.54, 1.807) is 24.3 Å². The van der Waals surface area contributed by atoms with Gasteiger partial charge in [0.2, 0.25) is 0 Å². The highest BCUT2D eigenvalue weighted by atomic mass is 79.9. The van der Waals surface area contributed by atoms with Gasteiger partial charge >= 0.3 is 0 Å². The molecule has 8 heteroatoms. The highest BCUT2D eigenvalue weighted by molar-refractivity contribution is 9.10.